The van der Waals surface area contributed by atoms with E-state index in [9.17, 15) is 14.4 Å². The number of carbonyl (C=O) groups excluding carboxylic acids is 3. The molecule has 1 aliphatic rings. The molecular formula is C14H19N5O3. The Morgan fingerprint density at radius 3 is 2.50 bits per heavy atom. The second-order valence-electron chi connectivity index (χ2n) is 5.30. The molecule has 1 aromatic rings. The summed E-state index contributed by atoms with van der Waals surface area (Å²) in [5.74, 6) is -0.678. The Morgan fingerprint density at radius 2 is 1.95 bits per heavy atom. The minimum Gasteiger partial charge on any atom is -0.347 e. The van der Waals surface area contributed by atoms with Gasteiger partial charge in [0, 0.05) is 46.5 Å². The monoisotopic (exact) mass is 305 g/mol. The van der Waals surface area contributed by atoms with E-state index in [2.05, 4.69) is 9.97 Å². The van der Waals surface area contributed by atoms with Crippen molar-refractivity contribution in [3.8, 4) is 0 Å². The number of likely N-dealkylation sites (N-methyl/N-ethyl adjacent to an activating group) is 1. The standard InChI is InChI=1S/C14H19N5O3/c1-10(20)18-6-7-19(12(9-18)14(22)17(2)3)13(21)11-8-15-4-5-16-11/h4-5,8,12H,6-7,9H2,1-3H3. The maximum Gasteiger partial charge on any atom is 0.274 e. The Bertz CT molecular complexity index is 575. The molecule has 0 aliphatic carbocycles. The van der Waals surface area contributed by atoms with E-state index in [1.165, 1.54) is 35.3 Å². The van der Waals surface area contributed by atoms with E-state index in [4.69, 9.17) is 0 Å². The third-order valence-electron chi connectivity index (χ3n) is 3.59. The maximum atomic E-state index is 12.6. The smallest absolute Gasteiger partial charge is 0.274 e. The summed E-state index contributed by atoms with van der Waals surface area (Å²) in [6.45, 7) is 2.34. The van der Waals surface area contributed by atoms with Gasteiger partial charge >= 0.3 is 0 Å². The van der Waals surface area contributed by atoms with Gasteiger partial charge in [-0.25, -0.2) is 4.98 Å². The lowest BCUT2D eigenvalue weighted by atomic mass is 10.1. The number of hydrogen-bond donors (Lipinski definition) is 0. The Morgan fingerprint density at radius 1 is 1.23 bits per heavy atom. The van der Waals surface area contributed by atoms with Gasteiger partial charge in [-0.1, -0.05) is 0 Å². The van der Waals surface area contributed by atoms with Gasteiger partial charge in [-0.05, 0) is 0 Å². The van der Waals surface area contributed by atoms with Crippen LogP contribution in [0.5, 0.6) is 0 Å². The van der Waals surface area contributed by atoms with Crippen molar-refractivity contribution >= 4 is 17.7 Å². The Hall–Kier alpha value is -2.51. The minimum atomic E-state index is -0.706. The minimum absolute atomic E-state index is 0.108. The van der Waals surface area contributed by atoms with E-state index in [0.29, 0.717) is 13.1 Å². The SMILES string of the molecule is CC(=O)N1CCN(C(=O)c2cnccn2)C(C(=O)N(C)C)C1. The molecule has 0 radical (unpaired) electrons. The molecule has 0 aromatic carbocycles. The van der Waals surface area contributed by atoms with Crippen molar-refractivity contribution < 1.29 is 14.4 Å². The molecule has 8 nitrogen and oxygen atoms in total. The largest absolute Gasteiger partial charge is 0.347 e. The van der Waals surface area contributed by atoms with Crippen LogP contribution in [-0.4, -0.2) is 82.2 Å². The second kappa shape index (κ2) is 6.50. The number of hydrogen-bond acceptors (Lipinski definition) is 5. The molecule has 2 rings (SSSR count). The third-order valence-corrected chi connectivity index (χ3v) is 3.59. The summed E-state index contributed by atoms with van der Waals surface area (Å²) in [5, 5.41) is 0. The lowest BCUT2D eigenvalue weighted by Gasteiger charge is -2.40. The van der Waals surface area contributed by atoms with Crippen molar-refractivity contribution in [2.24, 2.45) is 0 Å². The van der Waals surface area contributed by atoms with Crippen molar-refractivity contribution in [1.29, 1.82) is 0 Å². The zero-order valence-electron chi connectivity index (χ0n) is 12.9. The summed E-state index contributed by atoms with van der Waals surface area (Å²) in [6, 6.07) is -0.706. The number of piperazine rings is 1. The molecule has 1 aliphatic heterocycles. The fourth-order valence-corrected chi connectivity index (χ4v) is 2.38. The van der Waals surface area contributed by atoms with Gasteiger partial charge in [0.25, 0.3) is 5.91 Å². The molecule has 2 heterocycles. The van der Waals surface area contributed by atoms with Crippen LogP contribution < -0.4 is 0 Å². The number of carbonyl (C=O) groups is 3. The van der Waals surface area contributed by atoms with E-state index in [1.54, 1.807) is 19.0 Å². The van der Waals surface area contributed by atoms with Gasteiger partial charge in [-0.3, -0.25) is 19.4 Å². The van der Waals surface area contributed by atoms with Crippen LogP contribution in [0.2, 0.25) is 0 Å². The molecule has 1 fully saturated rings. The first-order chi connectivity index (χ1) is 10.4. The summed E-state index contributed by atoms with van der Waals surface area (Å²) in [6.07, 6.45) is 4.28. The molecule has 22 heavy (non-hydrogen) atoms. The van der Waals surface area contributed by atoms with Crippen LogP contribution in [0, 0.1) is 0 Å². The van der Waals surface area contributed by atoms with Crippen molar-refractivity contribution in [2.45, 2.75) is 13.0 Å². The zero-order chi connectivity index (χ0) is 16.3. The maximum absolute atomic E-state index is 12.6. The van der Waals surface area contributed by atoms with Gasteiger partial charge in [0.2, 0.25) is 11.8 Å². The van der Waals surface area contributed by atoms with Gasteiger partial charge in [0.15, 0.2) is 0 Å². The summed E-state index contributed by atoms with van der Waals surface area (Å²) >= 11 is 0. The van der Waals surface area contributed by atoms with Crippen molar-refractivity contribution in [1.82, 2.24) is 24.7 Å². The third kappa shape index (κ3) is 3.21. The average Bonchev–Trinajstić information content (AvgIpc) is 2.53. The quantitative estimate of drug-likeness (QED) is 0.716. The van der Waals surface area contributed by atoms with E-state index < -0.39 is 6.04 Å². The Kier molecular flexibility index (Phi) is 4.69. The van der Waals surface area contributed by atoms with Gasteiger partial charge < -0.3 is 14.7 Å². The van der Waals surface area contributed by atoms with Gasteiger partial charge in [0.05, 0.1) is 12.7 Å². The molecule has 1 saturated heterocycles. The predicted molar refractivity (Wildman–Crippen MR) is 77.8 cm³/mol. The second-order valence-corrected chi connectivity index (χ2v) is 5.30. The Balaban J connectivity index is 2.26. The van der Waals surface area contributed by atoms with Crippen LogP contribution in [0.1, 0.15) is 17.4 Å². The van der Waals surface area contributed by atoms with Gasteiger partial charge in [-0.15, -0.1) is 0 Å². The number of amides is 3. The highest BCUT2D eigenvalue weighted by atomic mass is 16.2. The molecule has 0 spiro atoms. The lowest BCUT2D eigenvalue weighted by molar-refractivity contribution is -0.139. The van der Waals surface area contributed by atoms with E-state index >= 15 is 0 Å². The molecule has 0 bridgehead atoms. The first kappa shape index (κ1) is 15.9. The van der Waals surface area contributed by atoms with Crippen molar-refractivity contribution in [3.05, 3.63) is 24.3 Å². The molecule has 0 N–H and O–H groups in total. The summed E-state index contributed by atoms with van der Waals surface area (Å²) < 4.78 is 0. The number of rotatable bonds is 2. The highest BCUT2D eigenvalue weighted by Gasteiger charge is 2.37. The molecule has 1 unspecified atom stereocenters. The predicted octanol–water partition coefficient (Wildman–Crippen LogP) is -0.762. The molecular weight excluding hydrogens is 286 g/mol. The summed E-state index contributed by atoms with van der Waals surface area (Å²) in [4.78, 5) is 48.8. The fraction of sp³-hybridized carbons (Fsp3) is 0.500. The van der Waals surface area contributed by atoms with Crippen LogP contribution >= 0.6 is 0 Å². The molecule has 3 amide bonds. The number of nitrogens with zero attached hydrogens (tertiary/aromatic N) is 5. The van der Waals surface area contributed by atoms with E-state index in [0.717, 1.165) is 0 Å². The Labute approximate surface area is 128 Å². The van der Waals surface area contributed by atoms with Crippen LogP contribution in [0.4, 0.5) is 0 Å². The normalized spacial score (nSPS) is 18.0. The molecule has 118 valence electrons. The first-order valence-electron chi connectivity index (χ1n) is 6.95. The lowest BCUT2D eigenvalue weighted by Crippen LogP contribution is -2.61. The van der Waals surface area contributed by atoms with Gasteiger partial charge in [0.1, 0.15) is 11.7 Å². The van der Waals surface area contributed by atoms with Gasteiger partial charge in [-0.2, -0.15) is 0 Å². The molecule has 1 aromatic heterocycles. The van der Waals surface area contributed by atoms with Crippen molar-refractivity contribution in [3.63, 3.8) is 0 Å². The highest BCUT2D eigenvalue weighted by Crippen LogP contribution is 2.15. The average molecular weight is 305 g/mol. The van der Waals surface area contributed by atoms with Crippen molar-refractivity contribution in [2.75, 3.05) is 33.7 Å². The molecule has 0 saturated carbocycles. The zero-order valence-corrected chi connectivity index (χ0v) is 12.9. The van der Waals surface area contributed by atoms with Crippen LogP contribution in [0.25, 0.3) is 0 Å². The first-order valence-corrected chi connectivity index (χ1v) is 6.95. The van der Waals surface area contributed by atoms with E-state index in [1.807, 2.05) is 0 Å². The van der Waals surface area contributed by atoms with Crippen LogP contribution in [0.3, 0.4) is 0 Å². The van der Waals surface area contributed by atoms with Crippen LogP contribution in [0.15, 0.2) is 18.6 Å². The summed E-state index contributed by atoms with van der Waals surface area (Å²) in [5.41, 5.74) is 0.190. The fourth-order valence-electron chi connectivity index (χ4n) is 2.38. The topological polar surface area (TPSA) is 86.7 Å². The van der Waals surface area contributed by atoms with Crippen LogP contribution in [-0.2, 0) is 9.59 Å². The molecule has 1 atom stereocenters. The number of aromatic nitrogens is 2. The summed E-state index contributed by atoms with van der Waals surface area (Å²) in [7, 11) is 3.25. The van der Waals surface area contributed by atoms with E-state index in [-0.39, 0.29) is 30.0 Å². The highest BCUT2D eigenvalue weighted by molar-refractivity contribution is 5.96. The molecule has 8 heteroatoms.